The molecule has 1 aromatic carbocycles. The van der Waals surface area contributed by atoms with Crippen LogP contribution in [0.3, 0.4) is 0 Å². The highest BCUT2D eigenvalue weighted by atomic mass is 32.2. The van der Waals surface area contributed by atoms with Gasteiger partial charge >= 0.3 is 5.97 Å². The minimum absolute atomic E-state index is 0.00737. The Balaban J connectivity index is 1.83. The number of carbonyl (C=O) groups is 1. The fourth-order valence-electron chi connectivity index (χ4n) is 2.38. The number of aromatic carboxylic acids is 1. The van der Waals surface area contributed by atoms with E-state index in [9.17, 15) is 13.2 Å². The van der Waals surface area contributed by atoms with Crippen LogP contribution in [-0.4, -0.2) is 36.0 Å². The lowest BCUT2D eigenvalue weighted by Crippen LogP contribution is -2.03. The van der Waals surface area contributed by atoms with Crippen molar-refractivity contribution in [2.45, 2.75) is 12.3 Å². The number of thiazole rings is 1. The summed E-state index contributed by atoms with van der Waals surface area (Å²) in [5, 5.41) is 11.6. The molecule has 21 heavy (non-hydrogen) atoms. The Morgan fingerprint density at radius 1 is 1.29 bits per heavy atom. The molecule has 0 amide bonds. The van der Waals surface area contributed by atoms with Crippen LogP contribution in [0.5, 0.6) is 0 Å². The van der Waals surface area contributed by atoms with Gasteiger partial charge in [0.1, 0.15) is 0 Å². The molecule has 1 N–H and O–H groups in total. The van der Waals surface area contributed by atoms with Crippen molar-refractivity contribution in [3.05, 3.63) is 40.2 Å². The number of hydrogen-bond donors (Lipinski definition) is 1. The number of aromatic nitrogens is 1. The molecule has 1 fully saturated rings. The van der Waals surface area contributed by atoms with Crippen LogP contribution in [0.1, 0.15) is 27.7 Å². The second-order valence-corrected chi connectivity index (χ2v) is 8.17. The van der Waals surface area contributed by atoms with Crippen molar-refractivity contribution in [2.75, 3.05) is 11.5 Å². The molecule has 0 bridgehead atoms. The first-order valence-corrected chi connectivity index (χ1v) is 9.14. The normalized spacial score (nSPS) is 20.5. The Morgan fingerprint density at radius 3 is 2.57 bits per heavy atom. The van der Waals surface area contributed by atoms with Crippen LogP contribution in [0.4, 0.5) is 0 Å². The summed E-state index contributed by atoms with van der Waals surface area (Å²) in [6, 6.07) is 6.51. The standard InChI is InChI=1S/C14H13NO4S2/c16-14(17)10-3-1-9(2-4-10)12-7-20-13(15-12)11-5-6-21(18,19)8-11/h1-4,7,11H,5-6,8H2,(H,16,17). The summed E-state index contributed by atoms with van der Waals surface area (Å²) in [4.78, 5) is 15.3. The lowest BCUT2D eigenvalue weighted by atomic mass is 10.1. The van der Waals surface area contributed by atoms with Gasteiger partial charge in [0.2, 0.25) is 0 Å². The lowest BCUT2D eigenvalue weighted by Gasteiger charge is -2.02. The summed E-state index contributed by atoms with van der Waals surface area (Å²) in [6.45, 7) is 0. The van der Waals surface area contributed by atoms with E-state index in [4.69, 9.17) is 5.11 Å². The van der Waals surface area contributed by atoms with Crippen LogP contribution in [0.25, 0.3) is 11.3 Å². The van der Waals surface area contributed by atoms with E-state index in [1.54, 1.807) is 12.1 Å². The average molecular weight is 323 g/mol. The molecule has 0 saturated carbocycles. The molecule has 1 unspecified atom stereocenters. The third kappa shape index (κ3) is 2.98. The summed E-state index contributed by atoms with van der Waals surface area (Å²) in [7, 11) is -2.91. The molecule has 3 rings (SSSR count). The largest absolute Gasteiger partial charge is 0.478 e. The van der Waals surface area contributed by atoms with Gasteiger partial charge in [-0.15, -0.1) is 11.3 Å². The van der Waals surface area contributed by atoms with Crippen LogP contribution in [0.2, 0.25) is 0 Å². The molecule has 5 nitrogen and oxygen atoms in total. The highest BCUT2D eigenvalue weighted by Gasteiger charge is 2.31. The highest BCUT2D eigenvalue weighted by molar-refractivity contribution is 7.91. The SMILES string of the molecule is O=C(O)c1ccc(-c2csc(C3CCS(=O)(=O)C3)n2)cc1. The molecule has 2 heterocycles. The van der Waals surface area contributed by atoms with E-state index >= 15 is 0 Å². The number of rotatable bonds is 3. The maximum absolute atomic E-state index is 11.5. The summed E-state index contributed by atoms with van der Waals surface area (Å²) < 4.78 is 23.0. The van der Waals surface area contributed by atoms with Gasteiger partial charge in [0, 0.05) is 16.9 Å². The van der Waals surface area contributed by atoms with Crippen molar-refractivity contribution >= 4 is 27.1 Å². The molecular formula is C14H13NO4S2. The lowest BCUT2D eigenvalue weighted by molar-refractivity contribution is 0.0697. The Morgan fingerprint density at radius 2 is 2.00 bits per heavy atom. The number of hydrogen-bond acceptors (Lipinski definition) is 5. The fourth-order valence-corrected chi connectivity index (χ4v) is 5.20. The Kier molecular flexibility index (Phi) is 3.54. The molecule has 0 spiro atoms. The highest BCUT2D eigenvalue weighted by Crippen LogP contribution is 2.33. The van der Waals surface area contributed by atoms with Crippen molar-refractivity contribution in [2.24, 2.45) is 0 Å². The molecule has 1 aliphatic heterocycles. The average Bonchev–Trinajstić information content (AvgIpc) is 3.05. The number of carboxylic acids is 1. The monoisotopic (exact) mass is 323 g/mol. The van der Waals surface area contributed by atoms with E-state index in [-0.39, 0.29) is 23.0 Å². The second kappa shape index (κ2) is 5.23. The molecule has 7 heteroatoms. The summed E-state index contributed by atoms with van der Waals surface area (Å²) in [5.41, 5.74) is 1.83. The number of nitrogens with zero attached hydrogens (tertiary/aromatic N) is 1. The van der Waals surface area contributed by atoms with Crippen LogP contribution in [-0.2, 0) is 9.84 Å². The van der Waals surface area contributed by atoms with Crippen molar-refractivity contribution in [3.63, 3.8) is 0 Å². The maximum atomic E-state index is 11.5. The zero-order chi connectivity index (χ0) is 15.0. The van der Waals surface area contributed by atoms with Gasteiger partial charge < -0.3 is 5.11 Å². The zero-order valence-corrected chi connectivity index (χ0v) is 12.7. The maximum Gasteiger partial charge on any atom is 0.335 e. The quantitative estimate of drug-likeness (QED) is 0.937. The van der Waals surface area contributed by atoms with E-state index < -0.39 is 15.8 Å². The summed E-state index contributed by atoms with van der Waals surface area (Å²) >= 11 is 1.46. The molecular weight excluding hydrogens is 310 g/mol. The predicted octanol–water partition coefficient (Wildman–Crippen LogP) is 2.41. The van der Waals surface area contributed by atoms with Crippen LogP contribution >= 0.6 is 11.3 Å². The minimum Gasteiger partial charge on any atom is -0.478 e. The van der Waals surface area contributed by atoms with Gasteiger partial charge in [0.15, 0.2) is 9.84 Å². The molecule has 1 saturated heterocycles. The van der Waals surface area contributed by atoms with E-state index in [0.29, 0.717) is 6.42 Å². The third-order valence-corrected chi connectivity index (χ3v) is 6.31. The van der Waals surface area contributed by atoms with Crippen molar-refractivity contribution in [3.8, 4) is 11.3 Å². The van der Waals surface area contributed by atoms with Gasteiger partial charge in [-0.2, -0.15) is 0 Å². The van der Waals surface area contributed by atoms with Crippen molar-refractivity contribution in [1.82, 2.24) is 4.98 Å². The van der Waals surface area contributed by atoms with Crippen LogP contribution in [0, 0.1) is 0 Å². The molecule has 1 atom stereocenters. The smallest absolute Gasteiger partial charge is 0.335 e. The van der Waals surface area contributed by atoms with Gasteiger partial charge in [-0.05, 0) is 18.6 Å². The second-order valence-electron chi connectivity index (χ2n) is 5.05. The first-order chi connectivity index (χ1) is 9.94. The number of sulfone groups is 1. The van der Waals surface area contributed by atoms with Crippen molar-refractivity contribution in [1.29, 1.82) is 0 Å². The third-order valence-electron chi connectivity index (χ3n) is 3.53. The Hall–Kier alpha value is -1.73. The van der Waals surface area contributed by atoms with Gasteiger partial charge in [0.05, 0.1) is 27.8 Å². The Labute approximate surface area is 126 Å². The molecule has 1 aromatic heterocycles. The minimum atomic E-state index is -2.91. The molecule has 0 radical (unpaired) electrons. The first kappa shape index (κ1) is 14.2. The number of benzene rings is 1. The number of carboxylic acid groups (broad SMARTS) is 1. The first-order valence-electron chi connectivity index (χ1n) is 6.44. The van der Waals surface area contributed by atoms with Gasteiger partial charge in [-0.3, -0.25) is 0 Å². The summed E-state index contributed by atoms with van der Waals surface area (Å²) in [5.74, 6) is -0.554. The van der Waals surface area contributed by atoms with Gasteiger partial charge in [-0.1, -0.05) is 12.1 Å². The molecule has 110 valence electrons. The summed E-state index contributed by atoms with van der Waals surface area (Å²) in [6.07, 6.45) is 0.632. The van der Waals surface area contributed by atoms with E-state index in [2.05, 4.69) is 4.98 Å². The predicted molar refractivity (Wildman–Crippen MR) is 80.5 cm³/mol. The molecule has 2 aromatic rings. The van der Waals surface area contributed by atoms with Gasteiger partial charge in [0.25, 0.3) is 0 Å². The topological polar surface area (TPSA) is 84.3 Å². The van der Waals surface area contributed by atoms with Crippen LogP contribution in [0.15, 0.2) is 29.6 Å². The zero-order valence-electron chi connectivity index (χ0n) is 11.0. The van der Waals surface area contributed by atoms with Gasteiger partial charge in [-0.25, -0.2) is 18.2 Å². The van der Waals surface area contributed by atoms with E-state index in [0.717, 1.165) is 16.3 Å². The van der Waals surface area contributed by atoms with Crippen LogP contribution < -0.4 is 0 Å². The fraction of sp³-hybridized carbons (Fsp3) is 0.286. The van der Waals surface area contributed by atoms with E-state index in [1.807, 2.05) is 5.38 Å². The van der Waals surface area contributed by atoms with E-state index in [1.165, 1.54) is 23.5 Å². The van der Waals surface area contributed by atoms with Crippen molar-refractivity contribution < 1.29 is 18.3 Å². The molecule has 0 aliphatic carbocycles. The Bertz CT molecular complexity index is 778. The molecule has 1 aliphatic rings.